The van der Waals surface area contributed by atoms with Crippen LogP contribution in [0.4, 0.5) is 5.13 Å². The van der Waals surface area contributed by atoms with Crippen LogP contribution >= 0.6 is 22.9 Å². The Bertz CT molecular complexity index is 1060. The van der Waals surface area contributed by atoms with E-state index in [1.54, 1.807) is 12.3 Å². The van der Waals surface area contributed by atoms with Crippen LogP contribution in [-0.4, -0.2) is 25.6 Å². The van der Waals surface area contributed by atoms with Gasteiger partial charge in [-0.1, -0.05) is 35.9 Å². The van der Waals surface area contributed by atoms with Crippen LogP contribution in [0.25, 0.3) is 0 Å². The number of benzene rings is 2. The third-order valence-electron chi connectivity index (χ3n) is 3.62. The second kappa shape index (κ2) is 7.57. The summed E-state index contributed by atoms with van der Waals surface area (Å²) in [5.74, 6) is -0.408. The Morgan fingerprint density at radius 1 is 1.19 bits per heavy atom. The normalized spacial score (nSPS) is 11.3. The number of thiazole rings is 1. The molecule has 8 heteroatoms. The van der Waals surface area contributed by atoms with E-state index in [1.807, 2.05) is 24.3 Å². The van der Waals surface area contributed by atoms with Crippen molar-refractivity contribution in [2.24, 2.45) is 0 Å². The van der Waals surface area contributed by atoms with Crippen LogP contribution in [0.15, 0.2) is 59.6 Å². The maximum Gasteiger partial charge on any atom is 0.257 e. The molecule has 0 spiro atoms. The number of amides is 1. The van der Waals surface area contributed by atoms with Gasteiger partial charge in [0.15, 0.2) is 15.0 Å². The molecule has 1 amide bonds. The summed E-state index contributed by atoms with van der Waals surface area (Å²) in [5, 5.41) is 3.83. The van der Waals surface area contributed by atoms with Gasteiger partial charge in [-0.15, -0.1) is 11.3 Å². The summed E-state index contributed by atoms with van der Waals surface area (Å²) in [4.78, 5) is 17.6. The zero-order valence-electron chi connectivity index (χ0n) is 13.8. The Hall–Kier alpha value is -2.22. The summed E-state index contributed by atoms with van der Waals surface area (Å²) >= 11 is 7.51. The van der Waals surface area contributed by atoms with E-state index in [9.17, 15) is 13.2 Å². The van der Waals surface area contributed by atoms with Gasteiger partial charge in [-0.2, -0.15) is 0 Å². The summed E-state index contributed by atoms with van der Waals surface area (Å²) in [6, 6.07) is 13.5. The first-order valence-electron chi connectivity index (χ1n) is 7.62. The van der Waals surface area contributed by atoms with Gasteiger partial charge in [0.25, 0.3) is 5.91 Å². The molecule has 0 atom stereocenters. The summed E-state index contributed by atoms with van der Waals surface area (Å²) in [5.41, 5.74) is 1.24. The number of hydrogen-bond donors (Lipinski definition) is 1. The molecule has 2 aromatic carbocycles. The molecule has 0 aliphatic carbocycles. The molecule has 0 aliphatic rings. The second-order valence-electron chi connectivity index (χ2n) is 5.65. The third kappa shape index (κ3) is 4.49. The number of hydrogen-bond acceptors (Lipinski definition) is 5. The SMILES string of the molecule is CS(=O)(=O)c1cccc(C(=O)Nc2ncc(Cc3ccccc3Cl)s2)c1. The third-order valence-corrected chi connectivity index (χ3v) is 6.01. The largest absolute Gasteiger partial charge is 0.298 e. The molecule has 0 unspecified atom stereocenters. The molecule has 1 aromatic heterocycles. The van der Waals surface area contributed by atoms with Gasteiger partial charge in [-0.3, -0.25) is 10.1 Å². The van der Waals surface area contributed by atoms with Crippen molar-refractivity contribution in [3.05, 3.63) is 75.8 Å². The minimum Gasteiger partial charge on any atom is -0.298 e. The van der Waals surface area contributed by atoms with E-state index >= 15 is 0 Å². The van der Waals surface area contributed by atoms with Crippen LogP contribution in [0.3, 0.4) is 0 Å². The quantitative estimate of drug-likeness (QED) is 0.693. The van der Waals surface area contributed by atoms with Crippen LogP contribution in [0.5, 0.6) is 0 Å². The van der Waals surface area contributed by atoms with Crippen molar-refractivity contribution in [3.8, 4) is 0 Å². The Morgan fingerprint density at radius 2 is 1.96 bits per heavy atom. The first kappa shape index (κ1) is 18.6. The minimum atomic E-state index is -3.37. The highest BCUT2D eigenvalue weighted by Crippen LogP contribution is 2.25. The smallest absolute Gasteiger partial charge is 0.257 e. The topological polar surface area (TPSA) is 76.1 Å². The van der Waals surface area contributed by atoms with E-state index in [-0.39, 0.29) is 10.5 Å². The van der Waals surface area contributed by atoms with Gasteiger partial charge >= 0.3 is 0 Å². The van der Waals surface area contributed by atoms with Crippen molar-refractivity contribution in [2.45, 2.75) is 11.3 Å². The number of rotatable bonds is 5. The molecule has 1 heterocycles. The van der Waals surface area contributed by atoms with E-state index in [2.05, 4.69) is 10.3 Å². The monoisotopic (exact) mass is 406 g/mol. The molecule has 5 nitrogen and oxygen atoms in total. The lowest BCUT2D eigenvalue weighted by atomic mass is 10.1. The van der Waals surface area contributed by atoms with Crippen LogP contribution in [0.2, 0.25) is 5.02 Å². The molecule has 0 saturated heterocycles. The van der Waals surface area contributed by atoms with Crippen molar-refractivity contribution in [2.75, 3.05) is 11.6 Å². The van der Waals surface area contributed by atoms with Gasteiger partial charge in [0.05, 0.1) is 4.90 Å². The highest BCUT2D eigenvalue weighted by molar-refractivity contribution is 7.90. The molecule has 0 saturated carbocycles. The maximum atomic E-state index is 12.4. The molecule has 0 radical (unpaired) electrons. The Labute approximate surface area is 160 Å². The number of aromatic nitrogens is 1. The standard InChI is InChI=1S/C18H15ClN2O3S2/c1-26(23,24)15-7-4-6-13(10-15)17(22)21-18-20-11-14(25-18)9-12-5-2-3-8-16(12)19/h2-8,10-11H,9H2,1H3,(H,20,21,22). The molecule has 26 heavy (non-hydrogen) atoms. The predicted octanol–water partition coefficient (Wildman–Crippen LogP) is 4.04. The number of sulfone groups is 1. The molecular weight excluding hydrogens is 392 g/mol. The lowest BCUT2D eigenvalue weighted by molar-refractivity contribution is 0.102. The van der Waals surface area contributed by atoms with Crippen molar-refractivity contribution in [1.82, 2.24) is 4.98 Å². The molecule has 0 fully saturated rings. The van der Waals surface area contributed by atoms with Crippen LogP contribution in [0.1, 0.15) is 20.8 Å². The fourth-order valence-electron chi connectivity index (χ4n) is 2.31. The van der Waals surface area contributed by atoms with Crippen LogP contribution < -0.4 is 5.32 Å². The van der Waals surface area contributed by atoms with Crippen molar-refractivity contribution < 1.29 is 13.2 Å². The van der Waals surface area contributed by atoms with Gasteiger partial charge in [-0.25, -0.2) is 13.4 Å². The number of carbonyl (C=O) groups is 1. The zero-order chi connectivity index (χ0) is 18.7. The Morgan fingerprint density at radius 3 is 2.69 bits per heavy atom. The molecule has 1 N–H and O–H groups in total. The highest BCUT2D eigenvalue weighted by atomic mass is 35.5. The Balaban J connectivity index is 1.73. The van der Waals surface area contributed by atoms with Gasteiger partial charge in [0.2, 0.25) is 0 Å². The summed E-state index contributed by atoms with van der Waals surface area (Å²) in [6.07, 6.45) is 3.42. The summed E-state index contributed by atoms with van der Waals surface area (Å²) < 4.78 is 23.2. The van der Waals surface area contributed by atoms with E-state index in [4.69, 9.17) is 11.6 Å². The lowest BCUT2D eigenvalue weighted by Gasteiger charge is -2.04. The summed E-state index contributed by atoms with van der Waals surface area (Å²) in [7, 11) is -3.37. The number of anilines is 1. The second-order valence-corrected chi connectivity index (χ2v) is 9.19. The average Bonchev–Trinajstić information content (AvgIpc) is 3.03. The molecular formula is C18H15ClN2O3S2. The van der Waals surface area contributed by atoms with Crippen molar-refractivity contribution >= 4 is 43.8 Å². The van der Waals surface area contributed by atoms with E-state index in [0.29, 0.717) is 16.6 Å². The first-order valence-corrected chi connectivity index (χ1v) is 10.7. The maximum absolute atomic E-state index is 12.4. The average molecular weight is 407 g/mol. The van der Waals surface area contributed by atoms with Gasteiger partial charge in [0.1, 0.15) is 0 Å². The van der Waals surface area contributed by atoms with Gasteiger partial charge < -0.3 is 0 Å². The van der Waals surface area contributed by atoms with E-state index < -0.39 is 15.7 Å². The van der Waals surface area contributed by atoms with Crippen LogP contribution in [0, 0.1) is 0 Å². The molecule has 134 valence electrons. The molecule has 0 aliphatic heterocycles. The van der Waals surface area contributed by atoms with Gasteiger partial charge in [0, 0.05) is 34.3 Å². The molecule has 0 bridgehead atoms. The number of nitrogens with one attached hydrogen (secondary N) is 1. The number of carbonyl (C=O) groups excluding carboxylic acids is 1. The predicted molar refractivity (Wildman–Crippen MR) is 104 cm³/mol. The number of halogens is 1. The molecule has 3 rings (SSSR count). The fourth-order valence-corrected chi connectivity index (χ4v) is 4.01. The minimum absolute atomic E-state index is 0.101. The Kier molecular flexibility index (Phi) is 5.41. The first-order chi connectivity index (χ1) is 12.3. The van der Waals surface area contributed by atoms with E-state index in [0.717, 1.165) is 16.7 Å². The highest BCUT2D eigenvalue weighted by Gasteiger charge is 2.13. The van der Waals surface area contributed by atoms with Crippen molar-refractivity contribution in [1.29, 1.82) is 0 Å². The fraction of sp³-hybridized carbons (Fsp3) is 0.111. The summed E-state index contributed by atoms with van der Waals surface area (Å²) in [6.45, 7) is 0. The van der Waals surface area contributed by atoms with E-state index in [1.165, 1.54) is 29.5 Å². The zero-order valence-corrected chi connectivity index (χ0v) is 16.2. The van der Waals surface area contributed by atoms with Gasteiger partial charge in [-0.05, 0) is 29.8 Å². The van der Waals surface area contributed by atoms with Crippen LogP contribution in [-0.2, 0) is 16.3 Å². The number of nitrogens with zero attached hydrogens (tertiary/aromatic N) is 1. The molecule has 3 aromatic rings. The lowest BCUT2D eigenvalue weighted by Crippen LogP contribution is -2.12. The van der Waals surface area contributed by atoms with Crippen molar-refractivity contribution in [3.63, 3.8) is 0 Å².